The Morgan fingerprint density at radius 2 is 1.93 bits per heavy atom. The van der Waals surface area contributed by atoms with Crippen molar-refractivity contribution in [3.63, 3.8) is 0 Å². The molecular weight excluding hydrogens is 354 g/mol. The highest BCUT2D eigenvalue weighted by Crippen LogP contribution is 2.31. The van der Waals surface area contributed by atoms with Gasteiger partial charge in [0.15, 0.2) is 11.5 Å². The normalized spacial score (nSPS) is 17.9. The van der Waals surface area contributed by atoms with Crippen LogP contribution in [0.5, 0.6) is 11.5 Å². The monoisotopic (exact) mass is 383 g/mol. The molecule has 1 aliphatic carbocycles. The van der Waals surface area contributed by atoms with Crippen molar-refractivity contribution < 1.29 is 9.47 Å². The second kappa shape index (κ2) is 8.35. The minimum atomic E-state index is 0.0441. The van der Waals surface area contributed by atoms with Crippen molar-refractivity contribution in [1.82, 2.24) is 14.9 Å². The first-order valence-electron chi connectivity index (χ1n) is 10.2. The Balaban J connectivity index is 1.50. The molecule has 4 rings (SSSR count). The van der Waals surface area contributed by atoms with Gasteiger partial charge in [-0.2, -0.15) is 0 Å². The van der Waals surface area contributed by atoms with Crippen LogP contribution in [-0.2, 0) is 19.5 Å². The number of aromatic nitrogens is 2. The van der Waals surface area contributed by atoms with E-state index in [1.165, 1.54) is 19.3 Å². The molecule has 0 unspecified atom stereocenters. The SMILES string of the molecule is COc1ccc(CN2CCc3nc(C4CCCCC4)[nH]c(=O)c3C2)cc1OC. The molecule has 0 amide bonds. The number of H-pyrrole nitrogens is 1. The predicted octanol–water partition coefficient (Wildman–Crippen LogP) is 3.39. The summed E-state index contributed by atoms with van der Waals surface area (Å²) in [5.74, 6) is 2.80. The van der Waals surface area contributed by atoms with E-state index in [1.807, 2.05) is 18.2 Å². The maximum absolute atomic E-state index is 12.8. The number of rotatable bonds is 5. The number of nitrogens with zero attached hydrogens (tertiary/aromatic N) is 2. The fourth-order valence-electron chi connectivity index (χ4n) is 4.44. The molecule has 0 atom stereocenters. The third-order valence-electron chi connectivity index (χ3n) is 6.01. The van der Waals surface area contributed by atoms with Crippen molar-refractivity contribution in [3.8, 4) is 11.5 Å². The van der Waals surface area contributed by atoms with Crippen LogP contribution >= 0.6 is 0 Å². The Labute approximate surface area is 165 Å². The van der Waals surface area contributed by atoms with Gasteiger partial charge in [-0.05, 0) is 30.5 Å². The number of hydrogen-bond donors (Lipinski definition) is 1. The maximum atomic E-state index is 12.8. The lowest BCUT2D eigenvalue weighted by atomic mass is 9.88. The summed E-state index contributed by atoms with van der Waals surface area (Å²) in [5.41, 5.74) is 3.01. The molecule has 1 aliphatic heterocycles. The van der Waals surface area contributed by atoms with Crippen molar-refractivity contribution in [1.29, 1.82) is 0 Å². The lowest BCUT2D eigenvalue weighted by Gasteiger charge is -2.29. The van der Waals surface area contributed by atoms with E-state index >= 15 is 0 Å². The molecule has 1 aromatic heterocycles. The summed E-state index contributed by atoms with van der Waals surface area (Å²) in [7, 11) is 3.29. The first kappa shape index (κ1) is 19.0. The van der Waals surface area contributed by atoms with Crippen molar-refractivity contribution in [2.24, 2.45) is 0 Å². The Bertz CT molecular complexity index is 887. The second-order valence-corrected chi connectivity index (χ2v) is 7.86. The quantitative estimate of drug-likeness (QED) is 0.857. The second-order valence-electron chi connectivity index (χ2n) is 7.86. The molecule has 1 N–H and O–H groups in total. The largest absolute Gasteiger partial charge is 0.493 e. The third-order valence-corrected chi connectivity index (χ3v) is 6.01. The van der Waals surface area contributed by atoms with Gasteiger partial charge in [0, 0.05) is 32.0 Å². The van der Waals surface area contributed by atoms with E-state index in [9.17, 15) is 4.79 Å². The van der Waals surface area contributed by atoms with E-state index in [0.717, 1.165) is 66.5 Å². The minimum absolute atomic E-state index is 0.0441. The molecule has 2 aliphatic rings. The molecule has 2 heterocycles. The van der Waals surface area contributed by atoms with Gasteiger partial charge in [0.1, 0.15) is 5.82 Å². The van der Waals surface area contributed by atoms with Gasteiger partial charge < -0.3 is 14.5 Å². The zero-order valence-corrected chi connectivity index (χ0v) is 16.8. The molecule has 0 saturated heterocycles. The van der Waals surface area contributed by atoms with E-state index in [1.54, 1.807) is 14.2 Å². The summed E-state index contributed by atoms with van der Waals surface area (Å²) in [5, 5.41) is 0. The van der Waals surface area contributed by atoms with Crippen LogP contribution in [-0.4, -0.2) is 35.6 Å². The van der Waals surface area contributed by atoms with Gasteiger partial charge >= 0.3 is 0 Å². The molecule has 0 bridgehead atoms. The predicted molar refractivity (Wildman–Crippen MR) is 108 cm³/mol. The highest BCUT2D eigenvalue weighted by molar-refractivity contribution is 5.43. The maximum Gasteiger partial charge on any atom is 0.255 e. The van der Waals surface area contributed by atoms with Gasteiger partial charge in [-0.15, -0.1) is 0 Å². The highest BCUT2D eigenvalue weighted by Gasteiger charge is 2.24. The molecule has 150 valence electrons. The Kier molecular flexibility index (Phi) is 5.67. The van der Waals surface area contributed by atoms with Crippen molar-refractivity contribution in [2.45, 2.75) is 57.5 Å². The van der Waals surface area contributed by atoms with E-state index in [4.69, 9.17) is 14.5 Å². The van der Waals surface area contributed by atoms with Gasteiger partial charge in [-0.25, -0.2) is 4.98 Å². The molecule has 2 aromatic rings. The molecular formula is C22H29N3O3. The van der Waals surface area contributed by atoms with Crippen LogP contribution in [0.1, 0.15) is 60.7 Å². The van der Waals surface area contributed by atoms with E-state index in [0.29, 0.717) is 12.5 Å². The number of fused-ring (bicyclic) bond motifs is 1. The lowest BCUT2D eigenvalue weighted by molar-refractivity contribution is 0.240. The highest BCUT2D eigenvalue weighted by atomic mass is 16.5. The summed E-state index contributed by atoms with van der Waals surface area (Å²) >= 11 is 0. The molecule has 0 radical (unpaired) electrons. The van der Waals surface area contributed by atoms with Crippen LogP contribution in [0.3, 0.4) is 0 Å². The summed E-state index contributed by atoms with van der Waals surface area (Å²) in [6.07, 6.45) is 6.90. The summed E-state index contributed by atoms with van der Waals surface area (Å²) in [6, 6.07) is 5.98. The minimum Gasteiger partial charge on any atom is -0.493 e. The number of nitrogens with one attached hydrogen (secondary N) is 1. The number of hydrogen-bond acceptors (Lipinski definition) is 5. The van der Waals surface area contributed by atoms with Crippen LogP contribution in [0.15, 0.2) is 23.0 Å². The Hall–Kier alpha value is -2.34. The number of aromatic amines is 1. The average molecular weight is 383 g/mol. The fraction of sp³-hybridized carbons (Fsp3) is 0.545. The summed E-state index contributed by atoms with van der Waals surface area (Å²) in [4.78, 5) is 23.0. The molecule has 28 heavy (non-hydrogen) atoms. The molecule has 6 heteroatoms. The zero-order valence-electron chi connectivity index (χ0n) is 16.8. The molecule has 0 spiro atoms. The van der Waals surface area contributed by atoms with Crippen LogP contribution in [0.2, 0.25) is 0 Å². The Morgan fingerprint density at radius 1 is 1.14 bits per heavy atom. The zero-order chi connectivity index (χ0) is 19.5. The van der Waals surface area contributed by atoms with Crippen LogP contribution in [0.25, 0.3) is 0 Å². The van der Waals surface area contributed by atoms with Crippen LogP contribution in [0, 0.1) is 0 Å². The molecule has 1 fully saturated rings. The number of benzene rings is 1. The third kappa shape index (κ3) is 3.92. The van der Waals surface area contributed by atoms with E-state index in [-0.39, 0.29) is 5.56 Å². The average Bonchev–Trinajstić information content (AvgIpc) is 2.74. The first-order chi connectivity index (χ1) is 13.7. The lowest BCUT2D eigenvalue weighted by Crippen LogP contribution is -2.36. The van der Waals surface area contributed by atoms with Crippen molar-refractivity contribution >= 4 is 0 Å². The van der Waals surface area contributed by atoms with E-state index in [2.05, 4.69) is 9.88 Å². The fourth-order valence-corrected chi connectivity index (χ4v) is 4.44. The van der Waals surface area contributed by atoms with Crippen molar-refractivity contribution in [3.05, 3.63) is 51.2 Å². The number of methoxy groups -OCH3 is 2. The van der Waals surface area contributed by atoms with Gasteiger partial charge in [-0.3, -0.25) is 9.69 Å². The van der Waals surface area contributed by atoms with Crippen LogP contribution < -0.4 is 15.0 Å². The van der Waals surface area contributed by atoms with Crippen molar-refractivity contribution in [2.75, 3.05) is 20.8 Å². The van der Waals surface area contributed by atoms with E-state index < -0.39 is 0 Å². The van der Waals surface area contributed by atoms with Crippen LogP contribution in [0.4, 0.5) is 0 Å². The topological polar surface area (TPSA) is 67.5 Å². The molecule has 1 saturated carbocycles. The first-order valence-corrected chi connectivity index (χ1v) is 10.2. The molecule has 1 aromatic carbocycles. The summed E-state index contributed by atoms with van der Waals surface area (Å²) in [6.45, 7) is 2.31. The smallest absolute Gasteiger partial charge is 0.255 e. The molecule has 6 nitrogen and oxygen atoms in total. The standard InChI is InChI=1S/C22H29N3O3/c1-27-19-9-8-15(12-20(19)28-2)13-25-11-10-18-17(14-25)22(26)24-21(23-18)16-6-4-3-5-7-16/h8-9,12,16H,3-7,10-11,13-14H2,1-2H3,(H,23,24,26). The number of ether oxygens (including phenoxy) is 2. The Morgan fingerprint density at radius 3 is 2.68 bits per heavy atom. The summed E-state index contributed by atoms with van der Waals surface area (Å²) < 4.78 is 10.7. The van der Waals surface area contributed by atoms with Gasteiger partial charge in [0.2, 0.25) is 0 Å². The van der Waals surface area contributed by atoms with Gasteiger partial charge in [0.25, 0.3) is 5.56 Å². The van der Waals surface area contributed by atoms with Gasteiger partial charge in [-0.1, -0.05) is 25.3 Å². The van der Waals surface area contributed by atoms with Gasteiger partial charge in [0.05, 0.1) is 25.5 Å².